The number of nitrogens with one attached hydrogen (secondary N) is 1. The van der Waals surface area contributed by atoms with Crippen molar-refractivity contribution < 1.29 is 4.39 Å². The Morgan fingerprint density at radius 1 is 1.28 bits per heavy atom. The van der Waals surface area contributed by atoms with Gasteiger partial charge >= 0.3 is 0 Å². The van der Waals surface area contributed by atoms with Crippen LogP contribution < -0.4 is 5.32 Å². The zero-order valence-electron chi connectivity index (χ0n) is 11.3. The van der Waals surface area contributed by atoms with Crippen LogP contribution in [-0.4, -0.2) is 6.04 Å². The molecule has 0 fully saturated rings. The number of rotatable bonds is 4. The molecule has 0 aromatic heterocycles. The van der Waals surface area contributed by atoms with E-state index in [1.54, 1.807) is 6.07 Å². The molecule has 1 aromatic carbocycles. The Kier molecular flexibility index (Phi) is 4.54. The number of benzene rings is 1. The summed E-state index contributed by atoms with van der Waals surface area (Å²) >= 11 is 0. The minimum absolute atomic E-state index is 0.0776. The van der Waals surface area contributed by atoms with Crippen LogP contribution in [0, 0.1) is 5.82 Å². The number of hydrogen-bond donors (Lipinski definition) is 1. The van der Waals surface area contributed by atoms with Crippen molar-refractivity contribution in [1.29, 1.82) is 0 Å². The van der Waals surface area contributed by atoms with E-state index in [2.05, 4.69) is 25.2 Å². The van der Waals surface area contributed by atoms with Gasteiger partial charge in [-0.15, -0.1) is 0 Å². The van der Waals surface area contributed by atoms with Crippen molar-refractivity contribution in [2.45, 2.75) is 52.1 Å². The number of hydrogen-bond acceptors (Lipinski definition) is 1. The molecule has 1 aromatic rings. The molecule has 0 atom stereocenters. The maximum atomic E-state index is 14.1. The fourth-order valence-corrected chi connectivity index (χ4v) is 2.33. The van der Waals surface area contributed by atoms with Gasteiger partial charge in [0.25, 0.3) is 0 Å². The molecule has 1 aliphatic rings. The molecule has 0 aliphatic heterocycles. The van der Waals surface area contributed by atoms with Gasteiger partial charge in [0, 0.05) is 18.2 Å². The van der Waals surface area contributed by atoms with E-state index in [9.17, 15) is 4.39 Å². The standard InChI is InChI=1S/C16H22FN/c1-12(2)18-11-13-8-9-15(16(17)10-13)14-6-4-3-5-7-14/h6,8-10,12,18H,3-5,7,11H2,1-2H3. The van der Waals surface area contributed by atoms with Crippen molar-refractivity contribution >= 4 is 5.57 Å². The Morgan fingerprint density at radius 2 is 2.11 bits per heavy atom. The summed E-state index contributed by atoms with van der Waals surface area (Å²) in [5.41, 5.74) is 2.99. The van der Waals surface area contributed by atoms with Gasteiger partial charge in [-0.05, 0) is 42.9 Å². The average Bonchev–Trinajstić information content (AvgIpc) is 2.37. The van der Waals surface area contributed by atoms with Crippen molar-refractivity contribution in [3.63, 3.8) is 0 Å². The Hall–Kier alpha value is -1.15. The van der Waals surface area contributed by atoms with Gasteiger partial charge in [0.1, 0.15) is 5.82 Å². The Bertz CT molecular complexity index is 435. The highest BCUT2D eigenvalue weighted by atomic mass is 19.1. The summed E-state index contributed by atoms with van der Waals surface area (Å²) in [6.45, 7) is 4.92. The summed E-state index contributed by atoms with van der Waals surface area (Å²) in [7, 11) is 0. The molecule has 98 valence electrons. The first-order valence-electron chi connectivity index (χ1n) is 6.88. The molecule has 0 radical (unpaired) electrons. The predicted octanol–water partition coefficient (Wildman–Crippen LogP) is 4.28. The van der Waals surface area contributed by atoms with Crippen LogP contribution in [-0.2, 0) is 6.54 Å². The molecule has 0 amide bonds. The van der Waals surface area contributed by atoms with Crippen LogP contribution >= 0.6 is 0 Å². The summed E-state index contributed by atoms with van der Waals surface area (Å²) in [5, 5.41) is 3.31. The van der Waals surface area contributed by atoms with Gasteiger partial charge in [0.2, 0.25) is 0 Å². The van der Waals surface area contributed by atoms with Gasteiger partial charge in [0.15, 0.2) is 0 Å². The second-order valence-electron chi connectivity index (χ2n) is 5.32. The van der Waals surface area contributed by atoms with Crippen molar-refractivity contribution in [3.05, 3.63) is 41.2 Å². The summed E-state index contributed by atoms with van der Waals surface area (Å²) in [5.74, 6) is -0.0776. The highest BCUT2D eigenvalue weighted by molar-refractivity contribution is 5.66. The fraction of sp³-hybridized carbons (Fsp3) is 0.500. The lowest BCUT2D eigenvalue weighted by atomic mass is 9.93. The highest BCUT2D eigenvalue weighted by Gasteiger charge is 2.11. The van der Waals surface area contributed by atoms with Crippen LogP contribution in [0.25, 0.3) is 5.57 Å². The molecule has 1 N–H and O–H groups in total. The van der Waals surface area contributed by atoms with E-state index < -0.39 is 0 Å². The average molecular weight is 247 g/mol. The van der Waals surface area contributed by atoms with Crippen LogP contribution in [0.5, 0.6) is 0 Å². The molecular weight excluding hydrogens is 225 g/mol. The molecule has 2 heteroatoms. The highest BCUT2D eigenvalue weighted by Crippen LogP contribution is 2.28. The monoisotopic (exact) mass is 247 g/mol. The van der Waals surface area contributed by atoms with E-state index in [1.165, 1.54) is 18.4 Å². The minimum Gasteiger partial charge on any atom is -0.310 e. The van der Waals surface area contributed by atoms with E-state index in [-0.39, 0.29) is 5.82 Å². The molecule has 18 heavy (non-hydrogen) atoms. The topological polar surface area (TPSA) is 12.0 Å². The lowest BCUT2D eigenvalue weighted by molar-refractivity contribution is 0.580. The van der Waals surface area contributed by atoms with Gasteiger partial charge in [-0.3, -0.25) is 0 Å². The number of halogens is 1. The van der Waals surface area contributed by atoms with Gasteiger partial charge < -0.3 is 5.32 Å². The van der Waals surface area contributed by atoms with Crippen molar-refractivity contribution in [3.8, 4) is 0 Å². The van der Waals surface area contributed by atoms with Crippen molar-refractivity contribution in [2.75, 3.05) is 0 Å². The predicted molar refractivity (Wildman–Crippen MR) is 74.8 cm³/mol. The van der Waals surface area contributed by atoms with Gasteiger partial charge in [-0.25, -0.2) is 4.39 Å². The normalized spacial score (nSPS) is 15.9. The lowest BCUT2D eigenvalue weighted by Gasteiger charge is -2.15. The van der Waals surface area contributed by atoms with Gasteiger partial charge in [0.05, 0.1) is 0 Å². The van der Waals surface area contributed by atoms with Crippen LogP contribution in [0.15, 0.2) is 24.3 Å². The first-order chi connectivity index (χ1) is 8.66. The molecule has 0 bridgehead atoms. The van der Waals surface area contributed by atoms with Gasteiger partial charge in [-0.2, -0.15) is 0 Å². The quantitative estimate of drug-likeness (QED) is 0.837. The fourth-order valence-electron chi connectivity index (χ4n) is 2.33. The minimum atomic E-state index is -0.0776. The third kappa shape index (κ3) is 3.42. The van der Waals surface area contributed by atoms with Crippen molar-refractivity contribution in [2.24, 2.45) is 0 Å². The maximum Gasteiger partial charge on any atom is 0.131 e. The molecule has 0 saturated heterocycles. The largest absolute Gasteiger partial charge is 0.310 e. The van der Waals surface area contributed by atoms with E-state index in [0.717, 1.165) is 30.5 Å². The molecule has 1 aliphatic carbocycles. The molecule has 0 saturated carbocycles. The molecule has 1 nitrogen and oxygen atoms in total. The second-order valence-corrected chi connectivity index (χ2v) is 5.32. The molecule has 0 heterocycles. The summed E-state index contributed by atoms with van der Waals surface area (Å²) in [4.78, 5) is 0. The SMILES string of the molecule is CC(C)NCc1ccc(C2=CCCCC2)c(F)c1. The molecule has 0 unspecified atom stereocenters. The van der Waals surface area contributed by atoms with Crippen molar-refractivity contribution in [1.82, 2.24) is 5.32 Å². The first kappa shape index (κ1) is 13.3. The van der Waals surface area contributed by atoms with E-state index in [0.29, 0.717) is 6.04 Å². The van der Waals surface area contributed by atoms with Crippen LogP contribution in [0.2, 0.25) is 0 Å². The molecule has 0 spiro atoms. The molecular formula is C16H22FN. The second kappa shape index (κ2) is 6.14. The molecule has 2 rings (SSSR count). The smallest absolute Gasteiger partial charge is 0.131 e. The zero-order valence-corrected chi connectivity index (χ0v) is 11.3. The Labute approximate surface area is 109 Å². The maximum absolute atomic E-state index is 14.1. The third-order valence-electron chi connectivity index (χ3n) is 3.38. The van der Waals surface area contributed by atoms with Crippen LogP contribution in [0.1, 0.15) is 50.7 Å². The summed E-state index contributed by atoms with van der Waals surface area (Å²) < 4.78 is 14.1. The van der Waals surface area contributed by atoms with Crippen LogP contribution in [0.3, 0.4) is 0 Å². The Morgan fingerprint density at radius 3 is 2.72 bits per heavy atom. The summed E-state index contributed by atoms with van der Waals surface area (Å²) in [6.07, 6.45) is 6.71. The van der Waals surface area contributed by atoms with Crippen LogP contribution in [0.4, 0.5) is 4.39 Å². The van der Waals surface area contributed by atoms with E-state index in [4.69, 9.17) is 0 Å². The lowest BCUT2D eigenvalue weighted by Crippen LogP contribution is -2.21. The third-order valence-corrected chi connectivity index (χ3v) is 3.38. The summed E-state index contributed by atoms with van der Waals surface area (Å²) in [6, 6.07) is 6.06. The number of allylic oxidation sites excluding steroid dienone is 2. The van der Waals surface area contributed by atoms with E-state index >= 15 is 0 Å². The zero-order chi connectivity index (χ0) is 13.0. The Balaban J connectivity index is 2.12. The van der Waals surface area contributed by atoms with E-state index in [1.807, 2.05) is 12.1 Å². The first-order valence-corrected chi connectivity index (χ1v) is 6.88. The van der Waals surface area contributed by atoms with Gasteiger partial charge in [-0.1, -0.05) is 32.1 Å².